The SMILES string of the molecule is Cc1ccc(NC(=O)CCC(C)N)cc1Br. The molecule has 0 radical (unpaired) electrons. The molecule has 3 nitrogen and oxygen atoms in total. The minimum absolute atomic E-state index is 0.00746. The third-order valence-corrected chi connectivity index (χ3v) is 3.14. The maximum Gasteiger partial charge on any atom is 0.224 e. The van der Waals surface area contributed by atoms with Crippen molar-refractivity contribution in [1.82, 2.24) is 0 Å². The van der Waals surface area contributed by atoms with Gasteiger partial charge >= 0.3 is 0 Å². The molecule has 0 aromatic heterocycles. The van der Waals surface area contributed by atoms with Crippen molar-refractivity contribution >= 4 is 27.5 Å². The Morgan fingerprint density at radius 1 is 1.56 bits per heavy atom. The van der Waals surface area contributed by atoms with E-state index in [2.05, 4.69) is 21.2 Å². The molecule has 1 aromatic carbocycles. The van der Waals surface area contributed by atoms with Crippen LogP contribution in [0.4, 0.5) is 5.69 Å². The molecule has 1 atom stereocenters. The first-order chi connectivity index (χ1) is 7.49. The fourth-order valence-corrected chi connectivity index (χ4v) is 1.63. The Kier molecular flexibility index (Phi) is 4.96. The van der Waals surface area contributed by atoms with Crippen LogP contribution >= 0.6 is 15.9 Å². The molecule has 0 spiro atoms. The first-order valence-electron chi connectivity index (χ1n) is 5.30. The van der Waals surface area contributed by atoms with Gasteiger partial charge in [-0.2, -0.15) is 0 Å². The highest BCUT2D eigenvalue weighted by molar-refractivity contribution is 9.10. The van der Waals surface area contributed by atoms with E-state index in [0.29, 0.717) is 12.8 Å². The Balaban J connectivity index is 2.53. The van der Waals surface area contributed by atoms with Crippen molar-refractivity contribution in [3.05, 3.63) is 28.2 Å². The standard InChI is InChI=1S/C12H17BrN2O/c1-8-3-5-10(7-11(8)13)15-12(16)6-4-9(2)14/h3,5,7,9H,4,6,14H2,1-2H3,(H,15,16). The molecule has 0 fully saturated rings. The normalized spacial score (nSPS) is 12.2. The van der Waals surface area contributed by atoms with Gasteiger partial charge in [0.15, 0.2) is 0 Å². The van der Waals surface area contributed by atoms with Gasteiger partial charge < -0.3 is 11.1 Å². The highest BCUT2D eigenvalue weighted by Gasteiger charge is 2.05. The summed E-state index contributed by atoms with van der Waals surface area (Å²) in [5.41, 5.74) is 7.55. The number of anilines is 1. The van der Waals surface area contributed by atoms with Gasteiger partial charge in [0, 0.05) is 22.6 Å². The monoisotopic (exact) mass is 284 g/mol. The zero-order valence-corrected chi connectivity index (χ0v) is 11.2. The van der Waals surface area contributed by atoms with E-state index in [4.69, 9.17) is 5.73 Å². The van der Waals surface area contributed by atoms with Gasteiger partial charge in [-0.1, -0.05) is 22.0 Å². The van der Waals surface area contributed by atoms with Crippen molar-refractivity contribution < 1.29 is 4.79 Å². The lowest BCUT2D eigenvalue weighted by Gasteiger charge is -2.08. The van der Waals surface area contributed by atoms with Crippen LogP contribution < -0.4 is 11.1 Å². The molecule has 1 unspecified atom stereocenters. The maximum absolute atomic E-state index is 11.5. The first-order valence-corrected chi connectivity index (χ1v) is 6.10. The van der Waals surface area contributed by atoms with Crippen molar-refractivity contribution in [1.29, 1.82) is 0 Å². The molecular weight excluding hydrogens is 268 g/mol. The summed E-state index contributed by atoms with van der Waals surface area (Å²) in [5, 5.41) is 2.84. The van der Waals surface area contributed by atoms with Gasteiger partial charge in [-0.15, -0.1) is 0 Å². The molecule has 0 saturated heterocycles. The van der Waals surface area contributed by atoms with E-state index >= 15 is 0 Å². The van der Waals surface area contributed by atoms with Crippen molar-refractivity contribution in [2.24, 2.45) is 5.73 Å². The average Bonchev–Trinajstić information content (AvgIpc) is 2.21. The lowest BCUT2D eigenvalue weighted by atomic mass is 10.2. The summed E-state index contributed by atoms with van der Waals surface area (Å²) < 4.78 is 0.998. The Bertz CT molecular complexity index is 377. The van der Waals surface area contributed by atoms with Crippen molar-refractivity contribution in [2.45, 2.75) is 32.7 Å². The molecule has 0 aliphatic rings. The molecule has 1 aromatic rings. The van der Waals surface area contributed by atoms with Gasteiger partial charge in [-0.25, -0.2) is 0 Å². The molecule has 0 heterocycles. The molecule has 16 heavy (non-hydrogen) atoms. The minimum Gasteiger partial charge on any atom is -0.328 e. The minimum atomic E-state index is 0.00746. The summed E-state index contributed by atoms with van der Waals surface area (Å²) in [7, 11) is 0. The molecule has 3 N–H and O–H groups in total. The number of aryl methyl sites for hydroxylation is 1. The quantitative estimate of drug-likeness (QED) is 0.893. The zero-order chi connectivity index (χ0) is 12.1. The molecule has 88 valence electrons. The van der Waals surface area contributed by atoms with E-state index in [1.165, 1.54) is 0 Å². The number of hydrogen-bond donors (Lipinski definition) is 2. The summed E-state index contributed by atoms with van der Waals surface area (Å²) in [6.07, 6.45) is 1.17. The van der Waals surface area contributed by atoms with Gasteiger partial charge in [-0.05, 0) is 38.0 Å². The lowest BCUT2D eigenvalue weighted by molar-refractivity contribution is -0.116. The third kappa shape index (κ3) is 4.33. The van der Waals surface area contributed by atoms with Crippen LogP contribution in [0.25, 0.3) is 0 Å². The molecule has 0 saturated carbocycles. The van der Waals surface area contributed by atoms with Crippen LogP contribution in [-0.2, 0) is 4.79 Å². The number of rotatable bonds is 4. The average molecular weight is 285 g/mol. The van der Waals surface area contributed by atoms with E-state index in [0.717, 1.165) is 15.7 Å². The molecular formula is C12H17BrN2O. The van der Waals surface area contributed by atoms with Crippen LogP contribution in [0.3, 0.4) is 0 Å². The van der Waals surface area contributed by atoms with E-state index in [1.54, 1.807) is 0 Å². The van der Waals surface area contributed by atoms with E-state index in [-0.39, 0.29) is 11.9 Å². The molecule has 4 heteroatoms. The van der Waals surface area contributed by atoms with E-state index in [9.17, 15) is 4.79 Å². The molecule has 1 rings (SSSR count). The van der Waals surface area contributed by atoms with E-state index in [1.807, 2.05) is 32.0 Å². The summed E-state index contributed by atoms with van der Waals surface area (Å²) in [6, 6.07) is 5.82. The topological polar surface area (TPSA) is 55.1 Å². The molecule has 0 aliphatic carbocycles. The number of nitrogens with one attached hydrogen (secondary N) is 1. The summed E-state index contributed by atoms with van der Waals surface area (Å²) in [5.74, 6) is 0.00746. The molecule has 0 bridgehead atoms. The van der Waals surface area contributed by atoms with Gasteiger partial charge in [-0.3, -0.25) is 4.79 Å². The number of amides is 1. The number of benzene rings is 1. The highest BCUT2D eigenvalue weighted by Crippen LogP contribution is 2.20. The number of carbonyl (C=O) groups excluding carboxylic acids is 1. The van der Waals surface area contributed by atoms with Crippen LogP contribution in [-0.4, -0.2) is 11.9 Å². The summed E-state index contributed by atoms with van der Waals surface area (Å²) in [6.45, 7) is 3.90. The van der Waals surface area contributed by atoms with Crippen LogP contribution in [0.2, 0.25) is 0 Å². The van der Waals surface area contributed by atoms with Crippen molar-refractivity contribution in [3.8, 4) is 0 Å². The third-order valence-electron chi connectivity index (χ3n) is 2.28. The number of nitrogens with two attached hydrogens (primary N) is 1. The zero-order valence-electron chi connectivity index (χ0n) is 9.59. The Hall–Kier alpha value is -0.870. The second kappa shape index (κ2) is 6.01. The largest absolute Gasteiger partial charge is 0.328 e. The number of halogens is 1. The lowest BCUT2D eigenvalue weighted by Crippen LogP contribution is -2.19. The Morgan fingerprint density at radius 2 is 2.25 bits per heavy atom. The van der Waals surface area contributed by atoms with Crippen LogP contribution in [0.1, 0.15) is 25.3 Å². The predicted octanol–water partition coefficient (Wildman–Crippen LogP) is 2.82. The molecule has 0 aliphatic heterocycles. The Labute approximate surface area is 105 Å². The van der Waals surface area contributed by atoms with Gasteiger partial charge in [0.05, 0.1) is 0 Å². The summed E-state index contributed by atoms with van der Waals surface area (Å²) in [4.78, 5) is 11.5. The van der Waals surface area contributed by atoms with E-state index < -0.39 is 0 Å². The predicted molar refractivity (Wildman–Crippen MR) is 70.4 cm³/mol. The number of hydrogen-bond acceptors (Lipinski definition) is 2. The van der Waals surface area contributed by atoms with Gasteiger partial charge in [0.25, 0.3) is 0 Å². The second-order valence-electron chi connectivity index (χ2n) is 4.03. The van der Waals surface area contributed by atoms with Crippen molar-refractivity contribution in [3.63, 3.8) is 0 Å². The Morgan fingerprint density at radius 3 is 2.81 bits per heavy atom. The van der Waals surface area contributed by atoms with Crippen LogP contribution in [0, 0.1) is 6.92 Å². The van der Waals surface area contributed by atoms with Crippen LogP contribution in [0.15, 0.2) is 22.7 Å². The van der Waals surface area contributed by atoms with Crippen LogP contribution in [0.5, 0.6) is 0 Å². The second-order valence-corrected chi connectivity index (χ2v) is 4.88. The molecule has 1 amide bonds. The summed E-state index contributed by atoms with van der Waals surface area (Å²) >= 11 is 3.43. The van der Waals surface area contributed by atoms with Gasteiger partial charge in [0.1, 0.15) is 0 Å². The highest BCUT2D eigenvalue weighted by atomic mass is 79.9. The maximum atomic E-state index is 11.5. The fraction of sp³-hybridized carbons (Fsp3) is 0.417. The van der Waals surface area contributed by atoms with Crippen molar-refractivity contribution in [2.75, 3.05) is 5.32 Å². The number of carbonyl (C=O) groups is 1. The van der Waals surface area contributed by atoms with Gasteiger partial charge in [0.2, 0.25) is 5.91 Å². The smallest absolute Gasteiger partial charge is 0.224 e. The fourth-order valence-electron chi connectivity index (χ4n) is 1.25. The first kappa shape index (κ1) is 13.2.